The lowest BCUT2D eigenvalue weighted by atomic mass is 10.1. The first-order chi connectivity index (χ1) is 12.6. The molecule has 2 N–H and O–H groups in total. The lowest BCUT2D eigenvalue weighted by Gasteiger charge is -2.01. The van der Waals surface area contributed by atoms with Crippen LogP contribution in [0.15, 0.2) is 70.7 Å². The average Bonchev–Trinajstić information content (AvgIpc) is 3.20. The van der Waals surface area contributed by atoms with Crippen molar-refractivity contribution in [2.75, 3.05) is 0 Å². The molecule has 0 unspecified atom stereocenters. The van der Waals surface area contributed by atoms with E-state index in [1.165, 1.54) is 17.3 Å². The van der Waals surface area contributed by atoms with Crippen LogP contribution in [0.3, 0.4) is 0 Å². The Bertz CT molecular complexity index is 1030. The number of hydrogen-bond acceptors (Lipinski definition) is 4. The van der Waals surface area contributed by atoms with Gasteiger partial charge in [0.1, 0.15) is 0 Å². The SMILES string of the molecule is Cc1ccc(-c2nn(-c3ccccc3)cc2/C=C2\SC(N)=NC2=O)cc1. The molecule has 4 rings (SSSR count). The summed E-state index contributed by atoms with van der Waals surface area (Å²) in [5.41, 5.74) is 10.4. The third kappa shape index (κ3) is 3.19. The van der Waals surface area contributed by atoms with Crippen molar-refractivity contribution in [1.29, 1.82) is 0 Å². The molecule has 1 aromatic heterocycles. The summed E-state index contributed by atoms with van der Waals surface area (Å²) < 4.78 is 1.82. The Labute approximate surface area is 155 Å². The standard InChI is InChI=1S/C20H16N4OS/c1-13-7-9-14(10-8-13)18-15(11-17-19(25)22-20(21)26-17)12-24(23-18)16-5-3-2-4-6-16/h2-12H,1H3,(H2,21,22,25)/b17-11-. The highest BCUT2D eigenvalue weighted by Crippen LogP contribution is 2.31. The van der Waals surface area contributed by atoms with Crippen molar-refractivity contribution >= 4 is 28.9 Å². The highest BCUT2D eigenvalue weighted by Gasteiger charge is 2.21. The molecule has 128 valence electrons. The summed E-state index contributed by atoms with van der Waals surface area (Å²) in [7, 11) is 0. The van der Waals surface area contributed by atoms with Crippen molar-refractivity contribution < 1.29 is 4.79 Å². The number of thioether (sulfide) groups is 1. The van der Waals surface area contributed by atoms with Gasteiger partial charge in [0.15, 0.2) is 5.17 Å². The number of hydrogen-bond donors (Lipinski definition) is 1. The highest BCUT2D eigenvalue weighted by atomic mass is 32.2. The van der Waals surface area contributed by atoms with Crippen LogP contribution in [-0.4, -0.2) is 20.9 Å². The molecule has 0 saturated carbocycles. The molecule has 0 atom stereocenters. The Kier molecular flexibility index (Phi) is 4.18. The summed E-state index contributed by atoms with van der Waals surface area (Å²) in [5, 5.41) is 5.02. The minimum Gasteiger partial charge on any atom is -0.378 e. The monoisotopic (exact) mass is 360 g/mol. The van der Waals surface area contributed by atoms with Gasteiger partial charge in [0.05, 0.1) is 16.3 Å². The molecule has 26 heavy (non-hydrogen) atoms. The van der Waals surface area contributed by atoms with Gasteiger partial charge in [0.2, 0.25) is 0 Å². The fourth-order valence-corrected chi connectivity index (χ4v) is 3.38. The number of para-hydroxylation sites is 1. The molecule has 0 radical (unpaired) electrons. The molecule has 1 aliphatic heterocycles. The number of amidine groups is 1. The quantitative estimate of drug-likeness (QED) is 0.722. The topological polar surface area (TPSA) is 73.3 Å². The van der Waals surface area contributed by atoms with Gasteiger partial charge in [0.25, 0.3) is 5.91 Å². The molecule has 2 heterocycles. The fourth-order valence-electron chi connectivity index (χ4n) is 2.71. The van der Waals surface area contributed by atoms with Crippen molar-refractivity contribution in [3.8, 4) is 16.9 Å². The van der Waals surface area contributed by atoms with E-state index in [0.29, 0.717) is 4.91 Å². The van der Waals surface area contributed by atoms with Gasteiger partial charge in [-0.25, -0.2) is 4.68 Å². The second-order valence-corrected chi connectivity index (χ2v) is 7.01. The third-order valence-electron chi connectivity index (χ3n) is 4.01. The Hall–Kier alpha value is -3.12. The molecule has 1 amide bonds. The van der Waals surface area contributed by atoms with E-state index < -0.39 is 0 Å². The maximum absolute atomic E-state index is 12.0. The molecule has 5 nitrogen and oxygen atoms in total. The van der Waals surface area contributed by atoms with Crippen molar-refractivity contribution in [3.05, 3.63) is 76.8 Å². The van der Waals surface area contributed by atoms with Crippen molar-refractivity contribution in [2.24, 2.45) is 10.7 Å². The zero-order chi connectivity index (χ0) is 18.1. The minimum absolute atomic E-state index is 0.272. The Morgan fingerprint density at radius 3 is 2.46 bits per heavy atom. The maximum Gasteiger partial charge on any atom is 0.286 e. The maximum atomic E-state index is 12.0. The minimum atomic E-state index is -0.310. The number of carbonyl (C=O) groups is 1. The summed E-state index contributed by atoms with van der Waals surface area (Å²) in [6.45, 7) is 2.04. The number of rotatable bonds is 3. The number of aromatic nitrogens is 2. The van der Waals surface area contributed by atoms with Crippen LogP contribution >= 0.6 is 11.8 Å². The van der Waals surface area contributed by atoms with Crippen LogP contribution in [0, 0.1) is 6.92 Å². The van der Waals surface area contributed by atoms with Crippen molar-refractivity contribution in [2.45, 2.75) is 6.92 Å². The molecular weight excluding hydrogens is 344 g/mol. The summed E-state index contributed by atoms with van der Waals surface area (Å²) in [6, 6.07) is 18.0. The highest BCUT2D eigenvalue weighted by molar-refractivity contribution is 8.18. The number of benzene rings is 2. The van der Waals surface area contributed by atoms with E-state index in [0.717, 1.165) is 22.5 Å². The zero-order valence-electron chi connectivity index (χ0n) is 14.1. The number of nitrogens with two attached hydrogens (primary N) is 1. The molecule has 1 aliphatic rings. The summed E-state index contributed by atoms with van der Waals surface area (Å²) in [5.74, 6) is -0.310. The molecule has 0 aliphatic carbocycles. The number of nitrogens with zero attached hydrogens (tertiary/aromatic N) is 3. The molecular formula is C20H16N4OS. The van der Waals surface area contributed by atoms with E-state index in [2.05, 4.69) is 4.99 Å². The zero-order valence-corrected chi connectivity index (χ0v) is 14.9. The predicted octanol–water partition coefficient (Wildman–Crippen LogP) is 3.78. The van der Waals surface area contributed by atoms with E-state index >= 15 is 0 Å². The molecule has 6 heteroatoms. The summed E-state index contributed by atoms with van der Waals surface area (Å²) in [4.78, 5) is 16.2. The number of aliphatic imine (C=N–C) groups is 1. The third-order valence-corrected chi connectivity index (χ3v) is 4.82. The van der Waals surface area contributed by atoms with Crippen molar-refractivity contribution in [1.82, 2.24) is 9.78 Å². The largest absolute Gasteiger partial charge is 0.378 e. The van der Waals surface area contributed by atoms with Crippen LogP contribution in [0.1, 0.15) is 11.1 Å². The van der Waals surface area contributed by atoms with Crippen LogP contribution in [0.2, 0.25) is 0 Å². The van der Waals surface area contributed by atoms with Crippen molar-refractivity contribution in [3.63, 3.8) is 0 Å². The molecule has 0 fully saturated rings. The van der Waals surface area contributed by atoms with Crippen LogP contribution in [0.25, 0.3) is 23.0 Å². The first-order valence-corrected chi connectivity index (χ1v) is 8.92. The van der Waals surface area contributed by atoms with Crippen LogP contribution in [0.5, 0.6) is 0 Å². The first-order valence-electron chi connectivity index (χ1n) is 8.10. The van der Waals surface area contributed by atoms with Gasteiger partial charge < -0.3 is 5.73 Å². The second-order valence-electron chi connectivity index (χ2n) is 5.95. The Morgan fingerprint density at radius 1 is 1.08 bits per heavy atom. The van der Waals surface area contributed by atoms with Gasteiger partial charge in [-0.15, -0.1) is 0 Å². The molecule has 3 aromatic rings. The van der Waals surface area contributed by atoms with E-state index in [1.54, 1.807) is 6.08 Å². The van der Waals surface area contributed by atoms with Crippen LogP contribution in [0.4, 0.5) is 0 Å². The lowest BCUT2D eigenvalue weighted by Crippen LogP contribution is -2.01. The second kappa shape index (κ2) is 6.65. The van der Waals surface area contributed by atoms with E-state index in [4.69, 9.17) is 10.8 Å². The first kappa shape index (κ1) is 16.4. The molecule has 0 saturated heterocycles. The predicted molar refractivity (Wildman–Crippen MR) is 106 cm³/mol. The van der Waals surface area contributed by atoms with E-state index in [1.807, 2.05) is 72.4 Å². The lowest BCUT2D eigenvalue weighted by molar-refractivity contribution is -0.113. The van der Waals surface area contributed by atoms with E-state index in [-0.39, 0.29) is 11.1 Å². The normalized spacial score (nSPS) is 15.5. The number of carbonyl (C=O) groups excluding carboxylic acids is 1. The van der Waals surface area contributed by atoms with Gasteiger partial charge in [-0.3, -0.25) is 4.79 Å². The van der Waals surface area contributed by atoms with Gasteiger partial charge in [0, 0.05) is 17.3 Å². The smallest absolute Gasteiger partial charge is 0.286 e. The van der Waals surface area contributed by atoms with E-state index in [9.17, 15) is 4.79 Å². The molecule has 2 aromatic carbocycles. The Morgan fingerprint density at radius 2 is 1.81 bits per heavy atom. The fraction of sp³-hybridized carbons (Fsp3) is 0.0500. The average molecular weight is 360 g/mol. The van der Waals surface area contributed by atoms with Gasteiger partial charge >= 0.3 is 0 Å². The van der Waals surface area contributed by atoms with Gasteiger partial charge in [-0.05, 0) is 36.9 Å². The molecule has 0 bridgehead atoms. The summed E-state index contributed by atoms with van der Waals surface area (Å²) >= 11 is 1.18. The molecule has 0 spiro atoms. The van der Waals surface area contributed by atoms with Crippen LogP contribution in [-0.2, 0) is 4.79 Å². The van der Waals surface area contributed by atoms with Gasteiger partial charge in [-0.2, -0.15) is 10.1 Å². The van der Waals surface area contributed by atoms with Gasteiger partial charge in [-0.1, -0.05) is 48.0 Å². The number of aryl methyl sites for hydroxylation is 1. The Balaban J connectivity index is 1.83. The van der Waals surface area contributed by atoms with Crippen LogP contribution < -0.4 is 5.73 Å². The number of amides is 1. The summed E-state index contributed by atoms with van der Waals surface area (Å²) in [6.07, 6.45) is 3.72.